The first-order valence-corrected chi connectivity index (χ1v) is 7.89. The van der Waals surface area contributed by atoms with E-state index in [2.05, 4.69) is 10.6 Å². The minimum Gasteiger partial charge on any atom is -0.444 e. The lowest BCUT2D eigenvalue weighted by Crippen LogP contribution is -2.36. The van der Waals surface area contributed by atoms with Crippen molar-refractivity contribution in [1.29, 1.82) is 0 Å². The minimum absolute atomic E-state index is 0.115. The molecule has 2 aliphatic rings. The van der Waals surface area contributed by atoms with E-state index >= 15 is 0 Å². The molecule has 2 amide bonds. The van der Waals surface area contributed by atoms with E-state index in [0.29, 0.717) is 6.42 Å². The second kappa shape index (κ2) is 7.07. The number of hydrogen-bond acceptors (Lipinski definition) is 4. The minimum atomic E-state index is -4.62. The van der Waals surface area contributed by atoms with Gasteiger partial charge in [-0.05, 0) is 27.2 Å². The second-order valence-electron chi connectivity index (χ2n) is 6.73. The van der Waals surface area contributed by atoms with Gasteiger partial charge in [-0.2, -0.15) is 13.2 Å². The van der Waals surface area contributed by atoms with Crippen LogP contribution in [0.2, 0.25) is 0 Å². The Balaban J connectivity index is 1.79. The molecule has 0 spiro atoms. The molecular weight excluding hydrogens is 341 g/mol. The van der Waals surface area contributed by atoms with Crippen molar-refractivity contribution in [2.24, 2.45) is 0 Å². The predicted octanol–water partition coefficient (Wildman–Crippen LogP) is 2.21. The smallest absolute Gasteiger partial charge is 0.416 e. The van der Waals surface area contributed by atoms with Crippen LogP contribution in [0.25, 0.3) is 0 Å². The van der Waals surface area contributed by atoms with Gasteiger partial charge in [-0.3, -0.25) is 4.79 Å². The number of halogens is 3. The maximum Gasteiger partial charge on any atom is 0.416 e. The zero-order valence-electron chi connectivity index (χ0n) is 14.2. The number of nitrogens with one attached hydrogen (secondary N) is 2. The van der Waals surface area contributed by atoms with E-state index in [4.69, 9.17) is 9.47 Å². The number of hydrogen-bond donors (Lipinski definition) is 2. The lowest BCUT2D eigenvalue weighted by Gasteiger charge is -2.19. The van der Waals surface area contributed by atoms with Crippen LogP contribution in [0.15, 0.2) is 23.3 Å². The number of alkyl carbamates (subject to hydrolysis) is 1. The first-order chi connectivity index (χ1) is 11.5. The van der Waals surface area contributed by atoms with E-state index in [1.165, 1.54) is 12.2 Å². The molecule has 0 saturated carbocycles. The van der Waals surface area contributed by atoms with Crippen molar-refractivity contribution in [2.45, 2.75) is 51.2 Å². The molecule has 0 aliphatic carbocycles. The molecule has 2 heterocycles. The first-order valence-electron chi connectivity index (χ1n) is 7.89. The molecule has 140 valence electrons. The molecule has 0 aromatic heterocycles. The number of alkyl halides is 3. The zero-order valence-corrected chi connectivity index (χ0v) is 14.2. The Morgan fingerprint density at radius 2 is 1.72 bits per heavy atom. The van der Waals surface area contributed by atoms with E-state index in [9.17, 15) is 22.8 Å². The standard InChI is InChI=1S/C16H21F3N2O4/c1-15(2,3)25-14(23)21-8-4-7-20-13(22)11-9-5-6-10(24-9)12(11)16(17,18)19/h5-6,9-10H,4,7-8H2,1-3H3,(H,20,22)(H,21,23). The molecule has 0 fully saturated rings. The van der Waals surface area contributed by atoms with Crippen LogP contribution in [-0.2, 0) is 14.3 Å². The van der Waals surface area contributed by atoms with E-state index < -0.39 is 41.6 Å². The first kappa shape index (κ1) is 19.3. The van der Waals surface area contributed by atoms with Crippen LogP contribution in [0.5, 0.6) is 0 Å². The zero-order chi connectivity index (χ0) is 18.8. The summed E-state index contributed by atoms with van der Waals surface area (Å²) >= 11 is 0. The second-order valence-corrected chi connectivity index (χ2v) is 6.73. The number of fused-ring (bicyclic) bond motifs is 2. The summed E-state index contributed by atoms with van der Waals surface area (Å²) in [7, 11) is 0. The van der Waals surface area contributed by atoms with E-state index in [1.54, 1.807) is 20.8 Å². The molecule has 0 aromatic carbocycles. The topological polar surface area (TPSA) is 76.7 Å². The van der Waals surface area contributed by atoms with Gasteiger partial charge in [0.05, 0.1) is 11.1 Å². The molecule has 6 nitrogen and oxygen atoms in total. The SMILES string of the molecule is CC(C)(C)OC(=O)NCCCNC(=O)C1=C(C(F)(F)F)C2C=CC1O2. The van der Waals surface area contributed by atoms with Crippen molar-refractivity contribution in [3.8, 4) is 0 Å². The van der Waals surface area contributed by atoms with Gasteiger partial charge in [-0.1, -0.05) is 12.2 Å². The molecule has 2 aliphatic heterocycles. The van der Waals surface area contributed by atoms with Gasteiger partial charge in [0, 0.05) is 13.1 Å². The molecule has 0 saturated heterocycles. The third kappa shape index (κ3) is 4.97. The fourth-order valence-corrected chi connectivity index (χ4v) is 2.54. The molecule has 2 rings (SSSR count). The van der Waals surface area contributed by atoms with Crippen LogP contribution in [0, 0.1) is 0 Å². The van der Waals surface area contributed by atoms with Gasteiger partial charge < -0.3 is 20.1 Å². The molecule has 9 heteroatoms. The Kier molecular flexibility index (Phi) is 5.46. The number of rotatable bonds is 5. The summed E-state index contributed by atoms with van der Waals surface area (Å²) in [5.41, 5.74) is -1.95. The Bertz CT molecular complexity index is 605. The van der Waals surface area contributed by atoms with E-state index in [1.807, 2.05) is 0 Å². The van der Waals surface area contributed by atoms with Crippen molar-refractivity contribution >= 4 is 12.0 Å². The van der Waals surface area contributed by atoms with Crippen LogP contribution < -0.4 is 10.6 Å². The highest BCUT2D eigenvalue weighted by molar-refractivity contribution is 5.97. The third-order valence-electron chi connectivity index (χ3n) is 3.47. The molecule has 2 N–H and O–H groups in total. The predicted molar refractivity (Wildman–Crippen MR) is 82.7 cm³/mol. The maximum atomic E-state index is 13.1. The molecule has 0 radical (unpaired) electrons. The summed E-state index contributed by atoms with van der Waals surface area (Å²) in [6, 6.07) is 0. The lowest BCUT2D eigenvalue weighted by atomic mass is 9.96. The fourth-order valence-electron chi connectivity index (χ4n) is 2.54. The van der Waals surface area contributed by atoms with Crippen molar-refractivity contribution in [1.82, 2.24) is 10.6 Å². The van der Waals surface area contributed by atoms with Gasteiger partial charge in [0.2, 0.25) is 0 Å². The van der Waals surface area contributed by atoms with Crippen molar-refractivity contribution in [3.05, 3.63) is 23.3 Å². The highest BCUT2D eigenvalue weighted by atomic mass is 19.4. The number of carbonyl (C=O) groups excluding carboxylic acids is 2. The molecule has 2 unspecified atom stereocenters. The number of amides is 2. The van der Waals surface area contributed by atoms with Gasteiger partial charge >= 0.3 is 12.3 Å². The summed E-state index contributed by atoms with van der Waals surface area (Å²) in [6.45, 7) is 5.52. The van der Waals surface area contributed by atoms with Crippen molar-refractivity contribution < 1.29 is 32.2 Å². The van der Waals surface area contributed by atoms with Crippen LogP contribution >= 0.6 is 0 Å². The third-order valence-corrected chi connectivity index (χ3v) is 3.47. The maximum absolute atomic E-state index is 13.1. The fraction of sp³-hybridized carbons (Fsp3) is 0.625. The van der Waals surface area contributed by atoms with Crippen molar-refractivity contribution in [3.63, 3.8) is 0 Å². The average Bonchev–Trinajstić information content (AvgIpc) is 3.04. The number of carbonyl (C=O) groups is 2. The van der Waals surface area contributed by atoms with Crippen LogP contribution in [-0.4, -0.2) is 49.1 Å². The van der Waals surface area contributed by atoms with Gasteiger partial charge in [-0.15, -0.1) is 0 Å². The highest BCUT2D eigenvalue weighted by Crippen LogP contribution is 2.43. The molecular formula is C16H21F3N2O4. The summed E-state index contributed by atoms with van der Waals surface area (Å²) in [5.74, 6) is -0.804. The van der Waals surface area contributed by atoms with Crippen molar-refractivity contribution in [2.75, 3.05) is 13.1 Å². The highest BCUT2D eigenvalue weighted by Gasteiger charge is 2.51. The molecule has 25 heavy (non-hydrogen) atoms. The molecule has 0 aromatic rings. The Morgan fingerprint density at radius 1 is 1.12 bits per heavy atom. The van der Waals surface area contributed by atoms with Crippen LogP contribution in [0.4, 0.5) is 18.0 Å². The molecule has 2 atom stereocenters. The van der Waals surface area contributed by atoms with Crippen LogP contribution in [0.1, 0.15) is 27.2 Å². The largest absolute Gasteiger partial charge is 0.444 e. The van der Waals surface area contributed by atoms with Gasteiger partial charge in [-0.25, -0.2) is 4.79 Å². The Hall–Kier alpha value is -2.03. The van der Waals surface area contributed by atoms with E-state index in [-0.39, 0.29) is 18.7 Å². The normalized spacial score (nSPS) is 22.3. The van der Waals surface area contributed by atoms with E-state index in [0.717, 1.165) is 0 Å². The average molecular weight is 362 g/mol. The van der Waals surface area contributed by atoms with Crippen LogP contribution in [0.3, 0.4) is 0 Å². The quantitative estimate of drug-likeness (QED) is 0.581. The number of ether oxygens (including phenoxy) is 2. The van der Waals surface area contributed by atoms with Gasteiger partial charge in [0.1, 0.15) is 17.8 Å². The molecule has 2 bridgehead atoms. The van der Waals surface area contributed by atoms with Gasteiger partial charge in [0.15, 0.2) is 0 Å². The summed E-state index contributed by atoms with van der Waals surface area (Å²) < 4.78 is 49.4. The summed E-state index contributed by atoms with van der Waals surface area (Å²) in [5, 5.41) is 4.93. The summed E-state index contributed by atoms with van der Waals surface area (Å²) in [6.07, 6.45) is -4.28. The monoisotopic (exact) mass is 362 g/mol. The lowest BCUT2D eigenvalue weighted by molar-refractivity contribution is -0.119. The Morgan fingerprint density at radius 3 is 2.32 bits per heavy atom. The van der Waals surface area contributed by atoms with Gasteiger partial charge in [0.25, 0.3) is 5.91 Å². The summed E-state index contributed by atoms with van der Waals surface area (Å²) in [4.78, 5) is 23.5. The Labute approximate surface area is 143 Å².